The minimum atomic E-state index is -0.123. The molecule has 0 aliphatic carbocycles. The van der Waals surface area contributed by atoms with E-state index >= 15 is 0 Å². The standard InChI is InChI=1S/C7H4N2OS2.Na/c10-4-3-5(11)12-7-6(4)8-1-2-9-7;/h1-3,11H;. The molecule has 0 amide bonds. The van der Waals surface area contributed by atoms with Crippen molar-refractivity contribution in [3.05, 3.63) is 28.7 Å². The van der Waals surface area contributed by atoms with Crippen molar-refractivity contribution in [2.45, 2.75) is 4.21 Å². The molecule has 6 heteroatoms. The molecule has 0 fully saturated rings. The summed E-state index contributed by atoms with van der Waals surface area (Å²) < 4.78 is 0.660. The maximum atomic E-state index is 11.3. The van der Waals surface area contributed by atoms with Gasteiger partial charge in [0, 0.05) is 48.0 Å². The maximum absolute atomic E-state index is 11.3. The first-order valence-corrected chi connectivity index (χ1v) is 4.47. The van der Waals surface area contributed by atoms with Crippen LogP contribution in [0.5, 0.6) is 0 Å². The number of hydrogen-bond donors (Lipinski definition) is 1. The van der Waals surface area contributed by atoms with Crippen LogP contribution in [0.15, 0.2) is 27.5 Å². The Morgan fingerprint density at radius 3 is 2.77 bits per heavy atom. The van der Waals surface area contributed by atoms with Crippen molar-refractivity contribution in [2.75, 3.05) is 0 Å². The molecule has 0 saturated heterocycles. The first-order valence-electron chi connectivity index (χ1n) is 3.21. The van der Waals surface area contributed by atoms with Gasteiger partial charge in [0.15, 0.2) is 0 Å². The van der Waals surface area contributed by atoms with E-state index in [9.17, 15) is 4.79 Å². The normalized spacial score (nSPS) is 9.62. The number of nitrogens with zero attached hydrogens (tertiary/aromatic N) is 2. The van der Waals surface area contributed by atoms with Crippen molar-refractivity contribution in [1.29, 1.82) is 0 Å². The number of fused-ring (bicyclic) bond motifs is 1. The molecular formula is C7H4N2NaOS2. The minimum Gasteiger partial charge on any atom is -0.287 e. The largest absolute Gasteiger partial charge is 0.287 e. The van der Waals surface area contributed by atoms with Crippen LogP contribution in [0.3, 0.4) is 0 Å². The zero-order chi connectivity index (χ0) is 8.55. The van der Waals surface area contributed by atoms with Gasteiger partial charge >= 0.3 is 0 Å². The first kappa shape index (κ1) is 11.1. The van der Waals surface area contributed by atoms with E-state index in [4.69, 9.17) is 0 Å². The van der Waals surface area contributed by atoms with E-state index in [1.807, 2.05) is 0 Å². The molecule has 0 aromatic carbocycles. The molecule has 13 heavy (non-hydrogen) atoms. The molecule has 2 heterocycles. The Balaban J connectivity index is 0.000000845. The van der Waals surface area contributed by atoms with Gasteiger partial charge in [0.25, 0.3) is 0 Å². The quantitative estimate of drug-likeness (QED) is 0.530. The summed E-state index contributed by atoms with van der Waals surface area (Å²) in [5, 5.41) is 0. The third-order valence-electron chi connectivity index (χ3n) is 1.35. The summed E-state index contributed by atoms with van der Waals surface area (Å²) in [6, 6.07) is 1.45. The Labute approximate surface area is 106 Å². The summed E-state index contributed by atoms with van der Waals surface area (Å²) in [6.07, 6.45) is 3.07. The summed E-state index contributed by atoms with van der Waals surface area (Å²) in [4.78, 5) is 19.8. The van der Waals surface area contributed by atoms with Gasteiger partial charge in [0.2, 0.25) is 5.43 Å². The van der Waals surface area contributed by atoms with Crippen LogP contribution in [0, 0.1) is 0 Å². The predicted octanol–water partition coefficient (Wildman–Crippen LogP) is 0.959. The van der Waals surface area contributed by atoms with Crippen molar-refractivity contribution < 1.29 is 0 Å². The molecule has 0 spiro atoms. The van der Waals surface area contributed by atoms with Crippen LogP contribution in [0.25, 0.3) is 10.3 Å². The fourth-order valence-electron chi connectivity index (χ4n) is 0.878. The van der Waals surface area contributed by atoms with Crippen LogP contribution in [0.1, 0.15) is 0 Å². The summed E-state index contributed by atoms with van der Waals surface area (Å²) in [7, 11) is 0. The van der Waals surface area contributed by atoms with Crippen molar-refractivity contribution in [2.24, 2.45) is 0 Å². The average molecular weight is 219 g/mol. The summed E-state index contributed by atoms with van der Waals surface area (Å²) >= 11 is 5.43. The number of aromatic nitrogens is 2. The van der Waals surface area contributed by atoms with E-state index in [2.05, 4.69) is 22.6 Å². The van der Waals surface area contributed by atoms with E-state index < -0.39 is 0 Å². The predicted molar refractivity (Wildman–Crippen MR) is 56.7 cm³/mol. The second-order valence-corrected chi connectivity index (χ2v) is 3.97. The number of hydrogen-bond acceptors (Lipinski definition) is 5. The molecule has 0 N–H and O–H groups in total. The Kier molecular flexibility index (Phi) is 3.87. The molecule has 0 unspecified atom stereocenters. The Morgan fingerprint density at radius 2 is 2.00 bits per heavy atom. The zero-order valence-electron chi connectivity index (χ0n) is 6.89. The monoisotopic (exact) mass is 219 g/mol. The fourth-order valence-corrected chi connectivity index (χ4v) is 1.98. The van der Waals surface area contributed by atoms with E-state index in [1.54, 1.807) is 6.20 Å². The van der Waals surface area contributed by atoms with E-state index in [1.165, 1.54) is 23.6 Å². The minimum absolute atomic E-state index is 0. The average Bonchev–Trinajstić information content (AvgIpc) is 2.04. The second kappa shape index (κ2) is 4.52. The van der Waals surface area contributed by atoms with Gasteiger partial charge in [0.05, 0.1) is 4.21 Å². The number of thiol groups is 1. The van der Waals surface area contributed by atoms with Crippen LogP contribution in [0.2, 0.25) is 0 Å². The Bertz CT molecular complexity index is 485. The smallest absolute Gasteiger partial charge is 0.209 e. The van der Waals surface area contributed by atoms with E-state index in [0.717, 1.165) is 0 Å². The van der Waals surface area contributed by atoms with Crippen LogP contribution in [-0.2, 0) is 0 Å². The van der Waals surface area contributed by atoms with Crippen LogP contribution >= 0.6 is 24.0 Å². The topological polar surface area (TPSA) is 42.9 Å². The molecule has 0 atom stereocenters. The summed E-state index contributed by atoms with van der Waals surface area (Å²) in [6.45, 7) is 0. The van der Waals surface area contributed by atoms with Gasteiger partial charge < -0.3 is 0 Å². The summed E-state index contributed by atoms with van der Waals surface area (Å²) in [5.41, 5.74) is 0.294. The van der Waals surface area contributed by atoms with Crippen LogP contribution < -0.4 is 5.43 Å². The number of rotatable bonds is 0. The van der Waals surface area contributed by atoms with Gasteiger partial charge in [-0.2, -0.15) is 0 Å². The molecule has 0 aliphatic rings. The molecule has 2 aromatic heterocycles. The van der Waals surface area contributed by atoms with Crippen LogP contribution in [0.4, 0.5) is 0 Å². The summed E-state index contributed by atoms with van der Waals surface area (Å²) in [5.74, 6) is 0. The molecular weight excluding hydrogens is 215 g/mol. The molecule has 2 rings (SSSR count). The zero-order valence-corrected chi connectivity index (χ0v) is 10.6. The Morgan fingerprint density at radius 1 is 1.31 bits per heavy atom. The van der Waals surface area contributed by atoms with Crippen molar-refractivity contribution >= 4 is 63.9 Å². The molecule has 2 aromatic rings. The van der Waals surface area contributed by atoms with Crippen LogP contribution in [-0.4, -0.2) is 39.5 Å². The third-order valence-corrected chi connectivity index (χ3v) is 2.58. The van der Waals surface area contributed by atoms with Crippen molar-refractivity contribution in [3.8, 4) is 0 Å². The van der Waals surface area contributed by atoms with Gasteiger partial charge in [-0.1, -0.05) is 0 Å². The molecule has 0 aliphatic heterocycles. The molecule has 61 valence electrons. The van der Waals surface area contributed by atoms with Gasteiger partial charge in [-0.25, -0.2) is 9.97 Å². The van der Waals surface area contributed by atoms with Crippen molar-refractivity contribution in [3.63, 3.8) is 0 Å². The van der Waals surface area contributed by atoms with Gasteiger partial charge in [-0.3, -0.25) is 4.79 Å². The molecule has 0 bridgehead atoms. The second-order valence-electron chi connectivity index (χ2n) is 2.16. The van der Waals surface area contributed by atoms with Gasteiger partial charge in [-0.15, -0.1) is 24.0 Å². The first-order chi connectivity index (χ1) is 5.77. The fraction of sp³-hybridized carbons (Fsp3) is 0. The van der Waals surface area contributed by atoms with Crippen molar-refractivity contribution in [1.82, 2.24) is 9.97 Å². The molecule has 3 nitrogen and oxygen atoms in total. The third kappa shape index (κ3) is 2.30. The maximum Gasteiger partial charge on any atom is 0.209 e. The van der Waals surface area contributed by atoms with Gasteiger partial charge in [0.1, 0.15) is 10.3 Å². The Hall–Kier alpha value is 0.0600. The molecule has 1 radical (unpaired) electrons. The van der Waals surface area contributed by atoms with Gasteiger partial charge in [-0.05, 0) is 0 Å². The van der Waals surface area contributed by atoms with E-state index in [0.29, 0.717) is 14.6 Å². The van der Waals surface area contributed by atoms with E-state index in [-0.39, 0.29) is 35.0 Å². The SMILES string of the molecule is O=c1cc(S)sc2nccnc12.[Na]. The molecule has 0 saturated carbocycles.